The third kappa shape index (κ3) is 3.45. The molecule has 1 N–H and O–H groups in total. The molecule has 9 heteroatoms. The molecule has 0 bridgehead atoms. The molecular formula is C20H18ClN5OS2. The summed E-state index contributed by atoms with van der Waals surface area (Å²) in [7, 11) is 0. The fraction of sp³-hybridized carbons (Fsp3) is 0.200. The van der Waals surface area contributed by atoms with Crippen LogP contribution in [0.1, 0.15) is 22.5 Å². The number of carbonyl (C=O) groups excluding carboxylic acids is 1. The number of benzene rings is 1. The first-order valence-electron chi connectivity index (χ1n) is 8.80. The Morgan fingerprint density at radius 3 is 2.69 bits per heavy atom. The van der Waals surface area contributed by atoms with E-state index in [1.54, 1.807) is 6.08 Å². The molecule has 0 saturated heterocycles. The summed E-state index contributed by atoms with van der Waals surface area (Å²) in [6.45, 7) is 5.95. The molecule has 2 aromatic rings. The van der Waals surface area contributed by atoms with Gasteiger partial charge in [-0.25, -0.2) is 0 Å². The molecule has 2 aliphatic rings. The van der Waals surface area contributed by atoms with Gasteiger partial charge in [-0.15, -0.1) is 16.9 Å². The number of carbonyl (C=O) groups is 1. The van der Waals surface area contributed by atoms with Gasteiger partial charge >= 0.3 is 0 Å². The van der Waals surface area contributed by atoms with Crippen LogP contribution in [0.2, 0.25) is 5.02 Å². The number of hydrogen-bond donors (Lipinski definition) is 1. The van der Waals surface area contributed by atoms with Gasteiger partial charge in [0, 0.05) is 22.1 Å². The third-order valence-electron chi connectivity index (χ3n) is 4.79. The highest BCUT2D eigenvalue weighted by molar-refractivity contribution is 8.45. The zero-order valence-electron chi connectivity index (χ0n) is 16.3. The van der Waals surface area contributed by atoms with Gasteiger partial charge in [0.2, 0.25) is 5.17 Å². The number of aryl methyl sites for hydroxylation is 2. The van der Waals surface area contributed by atoms with Gasteiger partial charge in [-0.1, -0.05) is 17.7 Å². The summed E-state index contributed by atoms with van der Waals surface area (Å²) in [6.07, 6.45) is 3.62. The molecule has 0 unspecified atom stereocenters. The predicted molar refractivity (Wildman–Crippen MR) is 124 cm³/mol. The van der Waals surface area contributed by atoms with Crippen molar-refractivity contribution < 1.29 is 4.79 Å². The SMILES string of the molecule is CSC1=NN2C(=N)/C(=C\c3cc(C)n(-c4ccc(C)c(Cl)c4)c3C)C(=O)N=C2S1. The van der Waals surface area contributed by atoms with Crippen molar-refractivity contribution in [3.63, 3.8) is 0 Å². The van der Waals surface area contributed by atoms with Crippen molar-refractivity contribution in [3.05, 3.63) is 57.4 Å². The van der Waals surface area contributed by atoms with E-state index in [1.807, 2.05) is 51.3 Å². The molecule has 0 spiro atoms. The van der Waals surface area contributed by atoms with Crippen LogP contribution in [0, 0.1) is 26.2 Å². The molecule has 1 aromatic carbocycles. The quantitative estimate of drug-likeness (QED) is 0.663. The Labute approximate surface area is 182 Å². The van der Waals surface area contributed by atoms with E-state index in [4.69, 9.17) is 17.0 Å². The van der Waals surface area contributed by atoms with Crippen LogP contribution in [0.25, 0.3) is 11.8 Å². The van der Waals surface area contributed by atoms with E-state index in [2.05, 4.69) is 14.7 Å². The van der Waals surface area contributed by atoms with E-state index in [0.29, 0.717) is 10.2 Å². The molecule has 6 nitrogen and oxygen atoms in total. The lowest BCUT2D eigenvalue weighted by molar-refractivity contribution is -0.114. The number of amidine groups is 2. The molecule has 3 heterocycles. The largest absolute Gasteiger partial charge is 0.318 e. The van der Waals surface area contributed by atoms with E-state index in [0.717, 1.165) is 32.6 Å². The first kappa shape index (κ1) is 20.0. The Bertz CT molecular complexity index is 1160. The molecule has 0 fully saturated rings. The number of aliphatic imine (C=N–C) groups is 1. The minimum absolute atomic E-state index is 0.0414. The monoisotopic (exact) mass is 443 g/mol. The topological polar surface area (TPSA) is 73.8 Å². The number of nitrogens with one attached hydrogen (secondary N) is 1. The molecule has 4 rings (SSSR count). The minimum Gasteiger partial charge on any atom is -0.318 e. The molecule has 1 amide bonds. The first-order chi connectivity index (χ1) is 13.8. The van der Waals surface area contributed by atoms with Gasteiger partial charge in [-0.05, 0) is 74.2 Å². The van der Waals surface area contributed by atoms with E-state index in [1.165, 1.54) is 28.5 Å². The van der Waals surface area contributed by atoms with E-state index >= 15 is 0 Å². The number of nitrogens with zero attached hydrogens (tertiary/aromatic N) is 4. The maximum atomic E-state index is 12.6. The van der Waals surface area contributed by atoms with E-state index in [9.17, 15) is 4.79 Å². The summed E-state index contributed by atoms with van der Waals surface area (Å²) in [5, 5.41) is 15.4. The lowest BCUT2D eigenvalue weighted by atomic mass is 10.1. The highest BCUT2D eigenvalue weighted by atomic mass is 35.5. The molecule has 0 saturated carbocycles. The number of amides is 1. The number of hydrazone groups is 1. The molecule has 0 aliphatic carbocycles. The van der Waals surface area contributed by atoms with Crippen LogP contribution >= 0.6 is 35.1 Å². The van der Waals surface area contributed by atoms with Gasteiger partial charge < -0.3 is 4.57 Å². The van der Waals surface area contributed by atoms with Gasteiger partial charge in [-0.3, -0.25) is 10.2 Å². The second kappa shape index (κ2) is 7.51. The van der Waals surface area contributed by atoms with Crippen molar-refractivity contribution in [1.82, 2.24) is 9.58 Å². The van der Waals surface area contributed by atoms with Crippen LogP contribution < -0.4 is 0 Å². The number of thioether (sulfide) groups is 2. The second-order valence-electron chi connectivity index (χ2n) is 6.69. The summed E-state index contributed by atoms with van der Waals surface area (Å²) in [4.78, 5) is 16.7. The summed E-state index contributed by atoms with van der Waals surface area (Å²) in [6, 6.07) is 7.92. The second-order valence-corrected chi connectivity index (χ2v) is 9.10. The van der Waals surface area contributed by atoms with E-state index in [-0.39, 0.29) is 11.4 Å². The molecule has 0 atom stereocenters. The average Bonchev–Trinajstić information content (AvgIpc) is 3.21. The number of fused-ring (bicyclic) bond motifs is 1. The summed E-state index contributed by atoms with van der Waals surface area (Å²) in [5.41, 5.74) is 5.01. The minimum atomic E-state index is -0.422. The van der Waals surface area contributed by atoms with Gasteiger partial charge in [0.1, 0.15) is 0 Å². The van der Waals surface area contributed by atoms with Crippen molar-refractivity contribution in [1.29, 1.82) is 5.41 Å². The maximum Gasteiger partial charge on any atom is 0.283 e. The summed E-state index contributed by atoms with van der Waals surface area (Å²) < 4.78 is 2.84. The number of halogens is 1. The lowest BCUT2D eigenvalue weighted by Crippen LogP contribution is -2.35. The molecule has 148 valence electrons. The Morgan fingerprint density at radius 2 is 2.00 bits per heavy atom. The molecule has 29 heavy (non-hydrogen) atoms. The van der Waals surface area contributed by atoms with Crippen LogP contribution in [0.3, 0.4) is 0 Å². The summed E-state index contributed by atoms with van der Waals surface area (Å²) >= 11 is 9.08. The normalized spacial score (nSPS) is 17.7. The number of aromatic nitrogens is 1. The van der Waals surface area contributed by atoms with Crippen LogP contribution in [0.15, 0.2) is 39.9 Å². The summed E-state index contributed by atoms with van der Waals surface area (Å²) in [5.74, 6) is -0.380. The third-order valence-corrected chi connectivity index (χ3v) is 7.09. The van der Waals surface area contributed by atoms with Crippen molar-refractivity contribution in [2.45, 2.75) is 20.8 Å². The Kier molecular flexibility index (Phi) is 5.18. The lowest BCUT2D eigenvalue weighted by Gasteiger charge is -2.20. The number of hydrogen-bond acceptors (Lipinski definition) is 5. The van der Waals surface area contributed by atoms with Crippen LogP contribution in [0.5, 0.6) is 0 Å². The van der Waals surface area contributed by atoms with Crippen LogP contribution in [-0.4, -0.2) is 37.1 Å². The molecule has 2 aliphatic heterocycles. The van der Waals surface area contributed by atoms with Gasteiger partial charge in [0.15, 0.2) is 10.2 Å². The van der Waals surface area contributed by atoms with Gasteiger partial charge in [0.05, 0.1) is 5.57 Å². The zero-order chi connectivity index (χ0) is 20.9. The predicted octanol–water partition coefficient (Wildman–Crippen LogP) is 5.00. The highest BCUT2D eigenvalue weighted by Gasteiger charge is 2.35. The highest BCUT2D eigenvalue weighted by Crippen LogP contribution is 2.32. The van der Waals surface area contributed by atoms with Gasteiger partial charge in [-0.2, -0.15) is 10.0 Å². The van der Waals surface area contributed by atoms with Crippen molar-refractivity contribution >= 4 is 62.5 Å². The van der Waals surface area contributed by atoms with Crippen molar-refractivity contribution in [3.8, 4) is 5.69 Å². The van der Waals surface area contributed by atoms with E-state index < -0.39 is 5.91 Å². The molecule has 1 aromatic heterocycles. The Balaban J connectivity index is 1.76. The fourth-order valence-electron chi connectivity index (χ4n) is 3.26. The smallest absolute Gasteiger partial charge is 0.283 e. The zero-order valence-corrected chi connectivity index (χ0v) is 18.7. The Morgan fingerprint density at radius 1 is 1.24 bits per heavy atom. The first-order valence-corrected chi connectivity index (χ1v) is 11.2. The Hall–Kier alpha value is -2.29. The van der Waals surface area contributed by atoms with Crippen molar-refractivity contribution in [2.75, 3.05) is 6.26 Å². The molecule has 0 radical (unpaired) electrons. The molecular weight excluding hydrogens is 426 g/mol. The van der Waals surface area contributed by atoms with Crippen LogP contribution in [-0.2, 0) is 4.79 Å². The maximum absolute atomic E-state index is 12.6. The average molecular weight is 444 g/mol. The van der Waals surface area contributed by atoms with Crippen molar-refractivity contribution in [2.24, 2.45) is 10.1 Å². The fourth-order valence-corrected chi connectivity index (χ4v) is 4.79. The van der Waals surface area contributed by atoms with Crippen LogP contribution in [0.4, 0.5) is 0 Å². The standard InChI is InChI=1S/C20H18ClN5OS2/c1-10-5-6-14(9-16(10)21)25-11(2)7-13(12(25)3)8-15-17(22)26-19(23-18(15)27)29-20(24-26)28-4/h5-9,22H,1-4H3/b15-8+,22-17?. The van der Waals surface area contributed by atoms with Gasteiger partial charge in [0.25, 0.3) is 5.91 Å². The number of rotatable bonds is 2.